The Bertz CT molecular complexity index is 622. The summed E-state index contributed by atoms with van der Waals surface area (Å²) in [6, 6.07) is 2.19. The van der Waals surface area contributed by atoms with Gasteiger partial charge in [-0.25, -0.2) is 0 Å². The molecule has 124 valence electrons. The molecule has 4 heterocycles. The first-order chi connectivity index (χ1) is 11.1. The van der Waals surface area contributed by atoms with Crippen molar-refractivity contribution in [2.75, 3.05) is 19.6 Å². The van der Waals surface area contributed by atoms with Crippen LogP contribution in [0.5, 0.6) is 0 Å². The molecule has 1 aromatic heterocycles. The van der Waals surface area contributed by atoms with Crippen LogP contribution < -0.4 is 0 Å². The molecule has 0 radical (unpaired) electrons. The number of carbonyl (C=O) groups excluding carboxylic acids is 2. The molecule has 1 aromatic rings. The molecule has 0 N–H and O–H groups in total. The molecule has 23 heavy (non-hydrogen) atoms. The van der Waals surface area contributed by atoms with Crippen LogP contribution in [0.15, 0.2) is 11.4 Å². The van der Waals surface area contributed by atoms with E-state index in [-0.39, 0.29) is 17.9 Å². The van der Waals surface area contributed by atoms with Crippen LogP contribution in [-0.4, -0.2) is 47.3 Å². The molecule has 2 amide bonds. The van der Waals surface area contributed by atoms with Crippen molar-refractivity contribution >= 4 is 23.2 Å². The third-order valence-electron chi connectivity index (χ3n) is 5.74. The molecule has 5 rings (SSSR count). The van der Waals surface area contributed by atoms with E-state index in [1.165, 1.54) is 19.3 Å². The largest absolute Gasteiger partial charge is 0.337 e. The van der Waals surface area contributed by atoms with Gasteiger partial charge in [-0.3, -0.25) is 9.59 Å². The maximum atomic E-state index is 12.8. The van der Waals surface area contributed by atoms with Gasteiger partial charge < -0.3 is 9.80 Å². The van der Waals surface area contributed by atoms with Crippen molar-refractivity contribution in [1.82, 2.24) is 9.80 Å². The maximum Gasteiger partial charge on any atom is 0.254 e. The summed E-state index contributed by atoms with van der Waals surface area (Å²) in [5.74, 6) is 1.11. The Morgan fingerprint density at radius 3 is 2.74 bits per heavy atom. The van der Waals surface area contributed by atoms with Crippen molar-refractivity contribution in [3.63, 3.8) is 0 Å². The molecule has 2 bridgehead atoms. The molecule has 1 saturated carbocycles. The van der Waals surface area contributed by atoms with E-state index < -0.39 is 0 Å². The Kier molecular flexibility index (Phi) is 3.92. The number of fused-ring (bicyclic) bond motifs is 4. The van der Waals surface area contributed by atoms with Gasteiger partial charge in [0, 0.05) is 35.9 Å². The van der Waals surface area contributed by atoms with Gasteiger partial charge >= 0.3 is 0 Å². The second-order valence-corrected chi connectivity index (χ2v) is 8.49. The molecule has 1 aliphatic carbocycles. The lowest BCUT2D eigenvalue weighted by atomic mass is 9.83. The number of hydrogen-bond donors (Lipinski definition) is 0. The van der Waals surface area contributed by atoms with E-state index in [0.29, 0.717) is 24.9 Å². The zero-order chi connectivity index (χ0) is 16.0. The number of carbonyl (C=O) groups is 2. The molecule has 4 fully saturated rings. The van der Waals surface area contributed by atoms with Crippen LogP contribution in [0.1, 0.15) is 47.3 Å². The van der Waals surface area contributed by atoms with E-state index in [2.05, 4.69) is 4.90 Å². The van der Waals surface area contributed by atoms with Gasteiger partial charge in [-0.1, -0.05) is 6.42 Å². The van der Waals surface area contributed by atoms with E-state index in [1.807, 2.05) is 23.3 Å². The number of aryl methyl sites for hydroxylation is 1. The lowest BCUT2D eigenvalue weighted by Gasteiger charge is -2.40. The summed E-state index contributed by atoms with van der Waals surface area (Å²) >= 11 is 1.61. The highest BCUT2D eigenvalue weighted by Gasteiger charge is 2.43. The van der Waals surface area contributed by atoms with E-state index in [0.717, 1.165) is 29.8 Å². The molecular formula is C18H24N2O2S. The first kappa shape index (κ1) is 15.2. The zero-order valence-corrected chi connectivity index (χ0v) is 14.5. The van der Waals surface area contributed by atoms with E-state index in [4.69, 9.17) is 0 Å². The monoisotopic (exact) mass is 332 g/mol. The third-order valence-corrected chi connectivity index (χ3v) is 6.60. The van der Waals surface area contributed by atoms with Crippen molar-refractivity contribution < 1.29 is 9.59 Å². The quantitative estimate of drug-likeness (QED) is 0.854. The number of nitrogens with zero attached hydrogens (tertiary/aromatic N) is 2. The van der Waals surface area contributed by atoms with Crippen LogP contribution in [0.3, 0.4) is 0 Å². The topological polar surface area (TPSA) is 40.6 Å². The summed E-state index contributed by atoms with van der Waals surface area (Å²) in [5.41, 5.74) is 0.784. The number of rotatable bonds is 3. The van der Waals surface area contributed by atoms with Gasteiger partial charge in [0.05, 0.1) is 11.5 Å². The van der Waals surface area contributed by atoms with Gasteiger partial charge in [-0.2, -0.15) is 0 Å². The van der Waals surface area contributed by atoms with Crippen molar-refractivity contribution in [2.45, 2.75) is 45.1 Å². The second kappa shape index (κ2) is 5.93. The molecule has 2 atom stereocenters. The van der Waals surface area contributed by atoms with Gasteiger partial charge in [0.1, 0.15) is 0 Å². The Morgan fingerprint density at radius 2 is 2.09 bits per heavy atom. The number of piperidine rings is 1. The smallest absolute Gasteiger partial charge is 0.254 e. The van der Waals surface area contributed by atoms with Crippen molar-refractivity contribution in [3.8, 4) is 0 Å². The fourth-order valence-corrected chi connectivity index (χ4v) is 4.81. The molecule has 0 unspecified atom stereocenters. The molecule has 5 heteroatoms. The fraction of sp³-hybridized carbons (Fsp3) is 0.667. The van der Waals surface area contributed by atoms with Gasteiger partial charge in [-0.05, 0) is 44.6 Å². The zero-order valence-electron chi connectivity index (χ0n) is 13.7. The average Bonchev–Trinajstić information content (AvgIpc) is 2.75. The van der Waals surface area contributed by atoms with Gasteiger partial charge in [0.15, 0.2) is 0 Å². The average molecular weight is 332 g/mol. The standard InChI is InChI=1S/C18H24N2O2S/c1-12-7-15(11-23-12)17(21)19-9-14-5-6-16(10-19)20(18(14)22)8-13-3-2-4-13/h7,11,13-14,16H,2-6,8-10H2,1H3/t14-,16+/m0/s1. The summed E-state index contributed by atoms with van der Waals surface area (Å²) in [7, 11) is 0. The number of amides is 2. The number of thiophene rings is 1. The summed E-state index contributed by atoms with van der Waals surface area (Å²) < 4.78 is 0. The van der Waals surface area contributed by atoms with Gasteiger partial charge in [0.25, 0.3) is 5.91 Å². The van der Waals surface area contributed by atoms with Crippen LogP contribution in [0, 0.1) is 18.8 Å². The minimum Gasteiger partial charge on any atom is -0.337 e. The van der Waals surface area contributed by atoms with Crippen molar-refractivity contribution in [1.29, 1.82) is 0 Å². The molecule has 3 aliphatic heterocycles. The molecule has 3 saturated heterocycles. The van der Waals surface area contributed by atoms with Crippen LogP contribution in [0.2, 0.25) is 0 Å². The highest BCUT2D eigenvalue weighted by molar-refractivity contribution is 7.10. The highest BCUT2D eigenvalue weighted by atomic mass is 32.1. The second-order valence-electron chi connectivity index (χ2n) is 7.37. The normalized spacial score (nSPS) is 28.0. The van der Waals surface area contributed by atoms with E-state index in [9.17, 15) is 9.59 Å². The molecule has 4 nitrogen and oxygen atoms in total. The van der Waals surface area contributed by atoms with Crippen LogP contribution in [0.25, 0.3) is 0 Å². The van der Waals surface area contributed by atoms with Gasteiger partial charge in [-0.15, -0.1) is 11.3 Å². The minimum atomic E-state index is 0.0116. The molecular weight excluding hydrogens is 308 g/mol. The summed E-state index contributed by atoms with van der Waals surface area (Å²) in [5, 5.41) is 1.94. The lowest BCUT2D eigenvalue weighted by Crippen LogP contribution is -2.50. The Labute approximate surface area is 141 Å². The minimum absolute atomic E-state index is 0.0116. The molecule has 0 spiro atoms. The van der Waals surface area contributed by atoms with Crippen LogP contribution >= 0.6 is 11.3 Å². The lowest BCUT2D eigenvalue weighted by molar-refractivity contribution is -0.141. The summed E-state index contributed by atoms with van der Waals surface area (Å²) in [4.78, 5) is 30.8. The molecule has 0 aromatic carbocycles. The fourth-order valence-electron chi connectivity index (χ4n) is 4.14. The third kappa shape index (κ3) is 2.80. The van der Waals surface area contributed by atoms with Crippen molar-refractivity contribution in [2.24, 2.45) is 11.8 Å². The molecule has 4 aliphatic rings. The van der Waals surface area contributed by atoms with Crippen LogP contribution in [-0.2, 0) is 4.79 Å². The van der Waals surface area contributed by atoms with Crippen LogP contribution in [0.4, 0.5) is 0 Å². The van der Waals surface area contributed by atoms with E-state index in [1.54, 1.807) is 11.3 Å². The Balaban J connectivity index is 1.52. The maximum absolute atomic E-state index is 12.8. The van der Waals surface area contributed by atoms with Gasteiger partial charge in [0.2, 0.25) is 5.91 Å². The Hall–Kier alpha value is -1.36. The Morgan fingerprint density at radius 1 is 1.26 bits per heavy atom. The van der Waals surface area contributed by atoms with Crippen molar-refractivity contribution in [3.05, 3.63) is 21.9 Å². The first-order valence-corrected chi connectivity index (χ1v) is 9.64. The summed E-state index contributed by atoms with van der Waals surface area (Å²) in [6.45, 7) is 4.25. The first-order valence-electron chi connectivity index (χ1n) is 8.76. The predicted octanol–water partition coefficient (Wildman–Crippen LogP) is 2.92. The highest BCUT2D eigenvalue weighted by Crippen LogP contribution is 2.34. The number of hydrogen-bond acceptors (Lipinski definition) is 3. The SMILES string of the molecule is Cc1cc(C(=O)N2C[C@@H]3CC[C@H](C2)N(CC2CCC2)C3=O)cs1. The predicted molar refractivity (Wildman–Crippen MR) is 90.5 cm³/mol. The van der Waals surface area contributed by atoms with E-state index >= 15 is 0 Å². The summed E-state index contributed by atoms with van der Waals surface area (Å²) in [6.07, 6.45) is 5.82.